The fraction of sp³-hybridized carbons (Fsp3) is 0.737. The lowest BCUT2D eigenvalue weighted by Gasteiger charge is -2.31. The van der Waals surface area contributed by atoms with Crippen LogP contribution in [0.25, 0.3) is 0 Å². The Balaban J connectivity index is 2.53. The molecule has 0 spiro atoms. The molecule has 1 aliphatic rings. The summed E-state index contributed by atoms with van der Waals surface area (Å²) >= 11 is 0. The van der Waals surface area contributed by atoms with Crippen LogP contribution in [0.1, 0.15) is 84.8 Å². The van der Waals surface area contributed by atoms with E-state index in [9.17, 15) is 0 Å². The van der Waals surface area contributed by atoms with Crippen molar-refractivity contribution in [3.05, 3.63) is 28.6 Å². The predicted octanol–water partition coefficient (Wildman–Crippen LogP) is 4.79. The van der Waals surface area contributed by atoms with E-state index in [1.54, 1.807) is 0 Å². The van der Waals surface area contributed by atoms with E-state index in [0.29, 0.717) is 0 Å². The Morgan fingerprint density at radius 2 is 1.43 bits per heavy atom. The molecule has 0 saturated carbocycles. The van der Waals surface area contributed by atoms with E-state index in [4.69, 9.17) is 4.98 Å². The van der Waals surface area contributed by atoms with Gasteiger partial charge in [-0.2, -0.15) is 0 Å². The van der Waals surface area contributed by atoms with E-state index >= 15 is 0 Å². The quantitative estimate of drug-likeness (QED) is 0.682. The van der Waals surface area contributed by atoms with Crippen molar-refractivity contribution in [2.75, 3.05) is 0 Å². The van der Waals surface area contributed by atoms with Crippen molar-refractivity contribution in [1.82, 2.24) is 9.88 Å². The molecule has 0 unspecified atom stereocenters. The molecular weight excluding hydrogens is 256 g/mol. The largest absolute Gasteiger partial charge is 0.288 e. The van der Waals surface area contributed by atoms with E-state index in [0.717, 1.165) is 13.1 Å². The number of pyridine rings is 1. The van der Waals surface area contributed by atoms with E-state index in [-0.39, 0.29) is 16.4 Å². The topological polar surface area (TPSA) is 16.1 Å². The Bertz CT molecular complexity index is 493. The van der Waals surface area contributed by atoms with Crippen molar-refractivity contribution in [3.63, 3.8) is 0 Å². The van der Waals surface area contributed by atoms with Crippen molar-refractivity contribution in [1.29, 1.82) is 0 Å². The molecule has 21 heavy (non-hydrogen) atoms. The molecule has 0 saturated heterocycles. The van der Waals surface area contributed by atoms with Crippen molar-refractivity contribution >= 4 is 0 Å². The Morgan fingerprint density at radius 3 is 1.86 bits per heavy atom. The molecule has 2 heteroatoms. The first-order valence-corrected chi connectivity index (χ1v) is 8.09. The second kappa shape index (κ2) is 4.81. The van der Waals surface area contributed by atoms with Crippen LogP contribution in [0.4, 0.5) is 0 Å². The second-order valence-corrected chi connectivity index (χ2v) is 9.52. The third-order valence-corrected chi connectivity index (χ3v) is 4.36. The summed E-state index contributed by atoms with van der Waals surface area (Å²) in [5.74, 6) is 0. The highest BCUT2D eigenvalue weighted by atomic mass is 15.2. The van der Waals surface area contributed by atoms with Crippen LogP contribution >= 0.6 is 0 Å². The van der Waals surface area contributed by atoms with Crippen LogP contribution in [-0.4, -0.2) is 15.4 Å². The Labute approximate surface area is 131 Å². The molecule has 0 bridgehead atoms. The lowest BCUT2D eigenvalue weighted by atomic mass is 9.77. The van der Waals surface area contributed by atoms with Gasteiger partial charge in [0.15, 0.2) is 0 Å². The first-order chi connectivity index (χ1) is 9.30. The molecule has 0 aromatic carbocycles. The summed E-state index contributed by atoms with van der Waals surface area (Å²) in [6.07, 6.45) is 0. The predicted molar refractivity (Wildman–Crippen MR) is 90.6 cm³/mol. The van der Waals surface area contributed by atoms with Gasteiger partial charge < -0.3 is 0 Å². The van der Waals surface area contributed by atoms with Crippen molar-refractivity contribution in [3.8, 4) is 0 Å². The summed E-state index contributed by atoms with van der Waals surface area (Å²) < 4.78 is 0. The summed E-state index contributed by atoms with van der Waals surface area (Å²) in [5.41, 5.74) is 5.80. The molecule has 0 radical (unpaired) electrons. The van der Waals surface area contributed by atoms with Crippen LogP contribution in [0.5, 0.6) is 0 Å². The summed E-state index contributed by atoms with van der Waals surface area (Å²) in [4.78, 5) is 7.63. The van der Waals surface area contributed by atoms with E-state index < -0.39 is 0 Å². The number of nitrogens with zero attached hydrogens (tertiary/aromatic N) is 2. The molecule has 2 nitrogen and oxygen atoms in total. The standard InChI is InChI=1S/C19H32N2/c1-17(2,3)14-10-13-11-21(19(7,8)9)12-15(13)20-16(14)18(4,5)6/h10H,11-12H2,1-9H3. The van der Waals surface area contributed by atoms with Gasteiger partial charge in [0, 0.05) is 29.7 Å². The Kier molecular flexibility index (Phi) is 3.77. The van der Waals surface area contributed by atoms with Crippen LogP contribution in [0.2, 0.25) is 0 Å². The minimum atomic E-state index is 0.0901. The number of hydrogen-bond acceptors (Lipinski definition) is 2. The third kappa shape index (κ3) is 3.31. The fourth-order valence-corrected chi connectivity index (χ4v) is 2.93. The van der Waals surface area contributed by atoms with Crippen LogP contribution in [0.15, 0.2) is 6.07 Å². The zero-order valence-corrected chi connectivity index (χ0v) is 15.4. The van der Waals surface area contributed by atoms with E-state index in [1.807, 2.05) is 0 Å². The van der Waals surface area contributed by atoms with E-state index in [1.165, 1.54) is 22.5 Å². The van der Waals surface area contributed by atoms with Crippen molar-refractivity contribution in [2.24, 2.45) is 0 Å². The maximum absolute atomic E-state index is 5.11. The van der Waals surface area contributed by atoms with Gasteiger partial charge in [-0.1, -0.05) is 47.6 Å². The van der Waals surface area contributed by atoms with Crippen LogP contribution < -0.4 is 0 Å². The average Bonchev–Trinajstić information content (AvgIpc) is 2.66. The zero-order valence-electron chi connectivity index (χ0n) is 15.4. The average molecular weight is 288 g/mol. The molecular formula is C19H32N2. The highest BCUT2D eigenvalue weighted by molar-refractivity contribution is 5.40. The number of rotatable bonds is 0. The molecule has 1 aromatic heterocycles. The van der Waals surface area contributed by atoms with Crippen LogP contribution in [-0.2, 0) is 23.9 Å². The maximum atomic E-state index is 5.11. The smallest absolute Gasteiger partial charge is 0.0593 e. The highest BCUT2D eigenvalue weighted by Gasteiger charge is 2.33. The molecule has 2 heterocycles. The van der Waals surface area contributed by atoms with Gasteiger partial charge in [-0.15, -0.1) is 0 Å². The molecule has 1 aliphatic heterocycles. The summed E-state index contributed by atoms with van der Waals surface area (Å²) in [6, 6.07) is 2.43. The van der Waals surface area contributed by atoms with Gasteiger partial charge in [-0.05, 0) is 37.3 Å². The maximum Gasteiger partial charge on any atom is 0.0593 e. The normalized spacial score (nSPS) is 17.2. The monoisotopic (exact) mass is 288 g/mol. The lowest BCUT2D eigenvalue weighted by Crippen LogP contribution is -2.36. The Hall–Kier alpha value is -0.890. The Morgan fingerprint density at radius 1 is 0.857 bits per heavy atom. The molecule has 0 N–H and O–H groups in total. The SMILES string of the molecule is CC(C)(C)c1cc2c(nc1C(C)(C)C)CN(C(C)(C)C)C2. The first kappa shape index (κ1) is 16.5. The first-order valence-electron chi connectivity index (χ1n) is 8.09. The summed E-state index contributed by atoms with van der Waals surface area (Å²) in [6.45, 7) is 22.6. The molecule has 0 amide bonds. The van der Waals surface area contributed by atoms with Gasteiger partial charge in [0.05, 0.1) is 5.69 Å². The van der Waals surface area contributed by atoms with Gasteiger partial charge >= 0.3 is 0 Å². The third-order valence-electron chi connectivity index (χ3n) is 4.36. The number of hydrogen-bond donors (Lipinski definition) is 0. The van der Waals surface area contributed by atoms with Crippen LogP contribution in [0, 0.1) is 0 Å². The second-order valence-electron chi connectivity index (χ2n) is 9.52. The van der Waals surface area contributed by atoms with Crippen LogP contribution in [0.3, 0.4) is 0 Å². The van der Waals surface area contributed by atoms with Crippen molar-refractivity contribution in [2.45, 2.75) is 91.8 Å². The lowest BCUT2D eigenvalue weighted by molar-refractivity contribution is 0.135. The molecule has 118 valence electrons. The minimum Gasteiger partial charge on any atom is -0.288 e. The van der Waals surface area contributed by atoms with Gasteiger partial charge in [0.25, 0.3) is 0 Å². The molecule has 2 rings (SSSR count). The fourth-order valence-electron chi connectivity index (χ4n) is 2.93. The van der Waals surface area contributed by atoms with Gasteiger partial charge in [-0.25, -0.2) is 0 Å². The molecule has 0 aliphatic carbocycles. The van der Waals surface area contributed by atoms with Gasteiger partial charge in [-0.3, -0.25) is 9.88 Å². The van der Waals surface area contributed by atoms with E-state index in [2.05, 4.69) is 73.3 Å². The number of fused-ring (bicyclic) bond motifs is 1. The highest BCUT2D eigenvalue weighted by Crippen LogP contribution is 2.37. The summed E-state index contributed by atoms with van der Waals surface area (Å²) in [5, 5.41) is 0. The molecule has 1 aromatic rings. The zero-order chi connectivity index (χ0) is 16.2. The summed E-state index contributed by atoms with van der Waals surface area (Å²) in [7, 11) is 0. The minimum absolute atomic E-state index is 0.0901. The van der Waals surface area contributed by atoms with Gasteiger partial charge in [0.1, 0.15) is 0 Å². The molecule has 0 atom stereocenters. The van der Waals surface area contributed by atoms with Gasteiger partial charge in [0.2, 0.25) is 0 Å². The number of aromatic nitrogens is 1. The van der Waals surface area contributed by atoms with Crippen molar-refractivity contribution < 1.29 is 0 Å². The molecule has 0 fully saturated rings.